The number of rotatable bonds is 8. The van der Waals surface area contributed by atoms with Crippen molar-refractivity contribution in [1.29, 1.82) is 0 Å². The molecule has 0 saturated carbocycles. The summed E-state index contributed by atoms with van der Waals surface area (Å²) in [6, 6.07) is 4.67. The molecule has 0 atom stereocenters. The summed E-state index contributed by atoms with van der Waals surface area (Å²) in [7, 11) is 0. The van der Waals surface area contributed by atoms with Crippen molar-refractivity contribution in [1.82, 2.24) is 9.80 Å². The highest BCUT2D eigenvalue weighted by Gasteiger charge is 2.19. The van der Waals surface area contributed by atoms with E-state index >= 15 is 0 Å². The van der Waals surface area contributed by atoms with Crippen LogP contribution >= 0.6 is 0 Å². The van der Waals surface area contributed by atoms with Gasteiger partial charge in [-0.05, 0) is 24.1 Å². The summed E-state index contributed by atoms with van der Waals surface area (Å²) in [4.78, 5) is 26.8. The molecule has 0 aliphatic carbocycles. The van der Waals surface area contributed by atoms with Gasteiger partial charge in [-0.3, -0.25) is 19.8 Å². The van der Waals surface area contributed by atoms with E-state index in [0.29, 0.717) is 31.8 Å². The fourth-order valence-corrected chi connectivity index (χ4v) is 2.72. The third kappa shape index (κ3) is 5.53. The predicted molar refractivity (Wildman–Crippen MR) is 98.0 cm³/mol. The minimum Gasteiger partial charge on any atom is -0.487 e. The summed E-state index contributed by atoms with van der Waals surface area (Å²) in [5.74, 6) is 0.114. The maximum absolute atomic E-state index is 12.3. The van der Waals surface area contributed by atoms with Gasteiger partial charge in [-0.1, -0.05) is 13.0 Å². The minimum absolute atomic E-state index is 0.106. The molecule has 1 aromatic carbocycles. The van der Waals surface area contributed by atoms with Crippen LogP contribution in [-0.4, -0.2) is 71.7 Å². The lowest BCUT2D eigenvalue weighted by molar-refractivity contribution is -0.385. The highest BCUT2D eigenvalue weighted by molar-refractivity contribution is 5.92. The number of aliphatic hydroxyl groups is 1. The molecule has 1 fully saturated rings. The second-order valence-electron chi connectivity index (χ2n) is 6.06. The maximum atomic E-state index is 12.3. The van der Waals surface area contributed by atoms with Crippen molar-refractivity contribution in [2.45, 2.75) is 13.3 Å². The standard InChI is InChI=1S/C18H25N3O5/c1-2-13-26-17-5-3-15(14-16(17)21(24)25)4-6-18(23)20-9-7-19(8-10-20)11-12-22/h3-6,14,22H,2,7-13H2,1H3/b6-4+. The molecule has 1 aliphatic heterocycles. The number of hydrogen-bond acceptors (Lipinski definition) is 6. The van der Waals surface area contributed by atoms with Gasteiger partial charge in [0.1, 0.15) is 0 Å². The fourth-order valence-electron chi connectivity index (χ4n) is 2.72. The van der Waals surface area contributed by atoms with Gasteiger partial charge >= 0.3 is 5.69 Å². The number of nitrogens with zero attached hydrogens (tertiary/aromatic N) is 3. The molecule has 2 rings (SSSR count). The van der Waals surface area contributed by atoms with Gasteiger partial charge < -0.3 is 14.7 Å². The average Bonchev–Trinajstić information content (AvgIpc) is 2.65. The second-order valence-corrected chi connectivity index (χ2v) is 6.06. The summed E-state index contributed by atoms with van der Waals surface area (Å²) >= 11 is 0. The topological polar surface area (TPSA) is 96.2 Å². The Morgan fingerprint density at radius 3 is 2.69 bits per heavy atom. The monoisotopic (exact) mass is 363 g/mol. The van der Waals surface area contributed by atoms with Crippen molar-refractivity contribution >= 4 is 17.7 Å². The molecule has 142 valence electrons. The zero-order valence-electron chi connectivity index (χ0n) is 15.0. The van der Waals surface area contributed by atoms with Gasteiger partial charge in [-0.2, -0.15) is 0 Å². The largest absolute Gasteiger partial charge is 0.487 e. The first-order chi connectivity index (χ1) is 12.5. The number of nitro groups is 1. The van der Waals surface area contributed by atoms with E-state index in [1.807, 2.05) is 6.92 Å². The van der Waals surface area contributed by atoms with Crippen molar-refractivity contribution in [2.75, 3.05) is 45.9 Å². The van der Waals surface area contributed by atoms with Crippen LogP contribution in [0.25, 0.3) is 6.08 Å². The Kier molecular flexibility index (Phi) is 7.55. The number of aliphatic hydroxyl groups excluding tert-OH is 1. The molecule has 1 amide bonds. The summed E-state index contributed by atoms with van der Waals surface area (Å²) < 4.78 is 5.39. The minimum atomic E-state index is -0.482. The van der Waals surface area contributed by atoms with Crippen LogP contribution < -0.4 is 4.74 Å². The quantitative estimate of drug-likeness (QED) is 0.427. The molecule has 0 aromatic heterocycles. The van der Waals surface area contributed by atoms with Crippen LogP contribution in [-0.2, 0) is 4.79 Å². The van der Waals surface area contributed by atoms with Crippen LogP contribution in [0.15, 0.2) is 24.3 Å². The van der Waals surface area contributed by atoms with Gasteiger partial charge in [-0.15, -0.1) is 0 Å². The lowest BCUT2D eigenvalue weighted by Crippen LogP contribution is -2.48. The molecule has 1 aliphatic rings. The van der Waals surface area contributed by atoms with E-state index in [9.17, 15) is 14.9 Å². The molecule has 1 aromatic rings. The van der Waals surface area contributed by atoms with Gasteiger partial charge in [0.25, 0.3) is 0 Å². The number of ether oxygens (including phenoxy) is 1. The van der Waals surface area contributed by atoms with E-state index < -0.39 is 4.92 Å². The van der Waals surface area contributed by atoms with Gasteiger partial charge in [0.05, 0.1) is 18.1 Å². The summed E-state index contributed by atoms with van der Waals surface area (Å²) in [6.07, 6.45) is 3.78. The zero-order chi connectivity index (χ0) is 18.9. The van der Waals surface area contributed by atoms with E-state index in [-0.39, 0.29) is 24.0 Å². The Morgan fingerprint density at radius 2 is 2.08 bits per heavy atom. The number of amides is 1. The third-order valence-electron chi connectivity index (χ3n) is 4.16. The van der Waals surface area contributed by atoms with Crippen LogP contribution in [0.5, 0.6) is 5.75 Å². The Bertz CT molecular complexity index is 654. The Morgan fingerprint density at radius 1 is 1.35 bits per heavy atom. The average molecular weight is 363 g/mol. The number of nitro benzene ring substituents is 1. The highest BCUT2D eigenvalue weighted by Crippen LogP contribution is 2.28. The number of carbonyl (C=O) groups is 1. The third-order valence-corrected chi connectivity index (χ3v) is 4.16. The van der Waals surface area contributed by atoms with Crippen LogP contribution in [0.1, 0.15) is 18.9 Å². The molecule has 8 heteroatoms. The number of piperazine rings is 1. The molecule has 1 heterocycles. The van der Waals surface area contributed by atoms with Crippen LogP contribution in [0.2, 0.25) is 0 Å². The number of β-amino-alcohol motifs (C(OH)–C–C–N with tert-alkyl or cyclic N) is 1. The molecular formula is C18H25N3O5. The number of hydrogen-bond donors (Lipinski definition) is 1. The first-order valence-corrected chi connectivity index (χ1v) is 8.76. The second kappa shape index (κ2) is 9.88. The summed E-state index contributed by atoms with van der Waals surface area (Å²) in [5.41, 5.74) is 0.471. The molecule has 1 N–H and O–H groups in total. The van der Waals surface area contributed by atoms with Gasteiger partial charge in [0, 0.05) is 44.9 Å². The lowest BCUT2D eigenvalue weighted by Gasteiger charge is -2.33. The number of benzene rings is 1. The van der Waals surface area contributed by atoms with Crippen molar-refractivity contribution in [3.05, 3.63) is 40.0 Å². The normalized spacial score (nSPS) is 15.4. The molecule has 0 radical (unpaired) electrons. The Hall–Kier alpha value is -2.45. The molecule has 8 nitrogen and oxygen atoms in total. The van der Waals surface area contributed by atoms with Gasteiger partial charge in [0.15, 0.2) is 5.75 Å². The van der Waals surface area contributed by atoms with E-state index in [1.54, 1.807) is 23.1 Å². The molecule has 26 heavy (non-hydrogen) atoms. The molecule has 0 unspecified atom stereocenters. The number of carbonyl (C=O) groups excluding carboxylic acids is 1. The SMILES string of the molecule is CCCOc1ccc(/C=C/C(=O)N2CCN(CCO)CC2)cc1[N+](=O)[O-]. The van der Waals surface area contributed by atoms with Crippen LogP contribution in [0, 0.1) is 10.1 Å². The highest BCUT2D eigenvalue weighted by atomic mass is 16.6. The van der Waals surface area contributed by atoms with E-state index in [4.69, 9.17) is 9.84 Å². The Balaban J connectivity index is 2.00. The molecule has 0 spiro atoms. The van der Waals surface area contributed by atoms with Crippen molar-refractivity contribution in [2.24, 2.45) is 0 Å². The maximum Gasteiger partial charge on any atom is 0.311 e. The lowest BCUT2D eigenvalue weighted by atomic mass is 10.1. The first kappa shape index (κ1) is 19.9. The van der Waals surface area contributed by atoms with Gasteiger partial charge in [-0.25, -0.2) is 0 Å². The van der Waals surface area contributed by atoms with Crippen molar-refractivity contribution in [3.8, 4) is 5.75 Å². The van der Waals surface area contributed by atoms with Crippen LogP contribution in [0.4, 0.5) is 5.69 Å². The van der Waals surface area contributed by atoms with Crippen molar-refractivity contribution in [3.63, 3.8) is 0 Å². The molecular weight excluding hydrogens is 338 g/mol. The molecule has 1 saturated heterocycles. The fraction of sp³-hybridized carbons (Fsp3) is 0.500. The van der Waals surface area contributed by atoms with Gasteiger partial charge in [0.2, 0.25) is 5.91 Å². The predicted octanol–water partition coefficient (Wildman–Crippen LogP) is 1.53. The van der Waals surface area contributed by atoms with E-state index in [1.165, 1.54) is 12.1 Å². The van der Waals surface area contributed by atoms with E-state index in [2.05, 4.69) is 4.90 Å². The first-order valence-electron chi connectivity index (χ1n) is 8.76. The Labute approximate surface area is 152 Å². The summed E-state index contributed by atoms with van der Waals surface area (Å²) in [6.45, 7) is 5.75. The smallest absolute Gasteiger partial charge is 0.311 e. The summed E-state index contributed by atoms with van der Waals surface area (Å²) in [5, 5.41) is 20.2. The van der Waals surface area contributed by atoms with Crippen molar-refractivity contribution < 1.29 is 19.6 Å². The van der Waals surface area contributed by atoms with Crippen LogP contribution in [0.3, 0.4) is 0 Å². The zero-order valence-corrected chi connectivity index (χ0v) is 15.0. The molecule has 0 bridgehead atoms. The van der Waals surface area contributed by atoms with E-state index in [0.717, 1.165) is 19.5 Å².